The second-order valence-corrected chi connectivity index (χ2v) is 5.64. The molecule has 0 saturated heterocycles. The molecule has 0 radical (unpaired) electrons. The van der Waals surface area contributed by atoms with E-state index in [1.165, 1.54) is 0 Å². The monoisotopic (exact) mass is 300 g/mol. The molecule has 0 aliphatic carbocycles. The van der Waals surface area contributed by atoms with E-state index in [2.05, 4.69) is 26.2 Å². The van der Waals surface area contributed by atoms with Crippen molar-refractivity contribution in [3.05, 3.63) is 28.5 Å². The normalized spacial score (nSPS) is 11.1. The molecule has 0 bridgehead atoms. The summed E-state index contributed by atoms with van der Waals surface area (Å²) in [5.74, 6) is 0. The molecule has 1 rings (SSSR count). The lowest BCUT2D eigenvalue weighted by molar-refractivity contribution is 0.138. The molecule has 17 heavy (non-hydrogen) atoms. The van der Waals surface area contributed by atoms with Gasteiger partial charge < -0.3 is 10.1 Å². The Bertz CT molecular complexity index is 371. The second-order valence-electron chi connectivity index (χ2n) is 4.73. The van der Waals surface area contributed by atoms with Gasteiger partial charge in [0.2, 0.25) is 0 Å². The lowest BCUT2D eigenvalue weighted by Gasteiger charge is -2.19. The molecule has 4 nitrogen and oxygen atoms in total. The molecule has 0 saturated carbocycles. The van der Waals surface area contributed by atoms with Crippen molar-refractivity contribution in [3.63, 3.8) is 0 Å². The van der Waals surface area contributed by atoms with E-state index < -0.39 is 6.09 Å². The smallest absolute Gasteiger partial charge is 0.407 e. The molecular formula is C12H17BrN2O2. The zero-order chi connectivity index (χ0) is 12.9. The van der Waals surface area contributed by atoms with E-state index in [1.807, 2.05) is 32.9 Å². The zero-order valence-corrected chi connectivity index (χ0v) is 11.9. The number of pyridine rings is 1. The number of nitrogens with one attached hydrogen (secondary N) is 1. The number of carbonyl (C=O) groups excluding carboxylic acids is 1. The van der Waals surface area contributed by atoms with E-state index in [1.54, 1.807) is 6.20 Å². The molecule has 0 aromatic carbocycles. The Hall–Kier alpha value is -1.10. The van der Waals surface area contributed by atoms with Crippen LogP contribution in [-0.2, 0) is 11.2 Å². The Balaban J connectivity index is 2.28. The molecule has 0 fully saturated rings. The predicted octanol–water partition coefficient (Wildman–Crippen LogP) is 2.91. The first kappa shape index (κ1) is 14.0. The van der Waals surface area contributed by atoms with Gasteiger partial charge in [-0.1, -0.05) is 0 Å². The Morgan fingerprint density at radius 3 is 2.71 bits per heavy atom. The number of aromatic nitrogens is 1. The van der Waals surface area contributed by atoms with Crippen LogP contribution in [0.5, 0.6) is 0 Å². The van der Waals surface area contributed by atoms with Gasteiger partial charge >= 0.3 is 6.09 Å². The van der Waals surface area contributed by atoms with Gasteiger partial charge in [0.15, 0.2) is 0 Å². The first-order valence-corrected chi connectivity index (χ1v) is 6.21. The van der Waals surface area contributed by atoms with Crippen molar-refractivity contribution < 1.29 is 9.53 Å². The number of hydrogen-bond acceptors (Lipinski definition) is 3. The highest BCUT2D eigenvalue weighted by Gasteiger charge is 2.14. The van der Waals surface area contributed by atoms with Crippen LogP contribution in [0.3, 0.4) is 0 Å². The molecule has 0 spiro atoms. The maximum atomic E-state index is 11.3. The number of amides is 1. The fraction of sp³-hybridized carbons (Fsp3) is 0.500. The number of carbonyl (C=O) groups is 1. The molecule has 0 aliphatic rings. The minimum absolute atomic E-state index is 0.271. The number of rotatable bonds is 3. The Kier molecular flexibility index (Phi) is 4.93. The molecule has 5 heteroatoms. The topological polar surface area (TPSA) is 51.2 Å². The first-order chi connectivity index (χ1) is 7.87. The molecular weight excluding hydrogens is 284 g/mol. The summed E-state index contributed by atoms with van der Waals surface area (Å²) in [5.41, 5.74) is 0.629. The summed E-state index contributed by atoms with van der Waals surface area (Å²) in [7, 11) is 0. The van der Waals surface area contributed by atoms with Gasteiger partial charge in [0.25, 0.3) is 0 Å². The predicted molar refractivity (Wildman–Crippen MR) is 69.9 cm³/mol. The van der Waals surface area contributed by atoms with Crippen LogP contribution >= 0.6 is 15.9 Å². The van der Waals surface area contributed by atoms with E-state index >= 15 is 0 Å². The molecule has 1 aromatic rings. The highest BCUT2D eigenvalue weighted by atomic mass is 79.9. The van der Waals surface area contributed by atoms with Gasteiger partial charge in [0.05, 0.1) is 6.61 Å². The van der Waals surface area contributed by atoms with Gasteiger partial charge in [-0.2, -0.15) is 0 Å². The summed E-state index contributed by atoms with van der Waals surface area (Å²) >= 11 is 3.31. The van der Waals surface area contributed by atoms with Crippen LogP contribution in [0, 0.1) is 0 Å². The molecule has 0 atom stereocenters. The number of ether oxygens (including phenoxy) is 1. The van der Waals surface area contributed by atoms with E-state index in [4.69, 9.17) is 4.74 Å². The highest BCUT2D eigenvalue weighted by Crippen LogP contribution is 2.07. The third kappa shape index (κ3) is 6.26. The fourth-order valence-electron chi connectivity index (χ4n) is 1.14. The van der Waals surface area contributed by atoms with Gasteiger partial charge in [-0.05, 0) is 48.8 Å². The standard InChI is InChI=1S/C12H17BrN2O2/c1-12(2,3)15-11(16)17-7-6-10-5-4-9(13)8-14-10/h4-5,8H,6-7H2,1-3H3,(H,15,16). The summed E-state index contributed by atoms with van der Waals surface area (Å²) in [6.45, 7) is 6.05. The van der Waals surface area contributed by atoms with E-state index in [0.29, 0.717) is 13.0 Å². The van der Waals surface area contributed by atoms with Crippen LogP contribution in [0.15, 0.2) is 22.8 Å². The Labute approximate surface area is 110 Å². The average molecular weight is 301 g/mol. The van der Waals surface area contributed by atoms with Gasteiger partial charge in [-0.3, -0.25) is 4.98 Å². The number of nitrogens with zero attached hydrogens (tertiary/aromatic N) is 1. The Morgan fingerprint density at radius 1 is 1.47 bits per heavy atom. The van der Waals surface area contributed by atoms with Gasteiger partial charge in [-0.15, -0.1) is 0 Å². The van der Waals surface area contributed by atoms with Gasteiger partial charge in [0, 0.05) is 28.3 Å². The quantitative estimate of drug-likeness (QED) is 0.934. The number of hydrogen-bond donors (Lipinski definition) is 1. The van der Waals surface area contributed by atoms with Gasteiger partial charge in [0.1, 0.15) is 0 Å². The summed E-state index contributed by atoms with van der Waals surface area (Å²) < 4.78 is 5.99. The largest absolute Gasteiger partial charge is 0.449 e. The van der Waals surface area contributed by atoms with E-state index in [0.717, 1.165) is 10.2 Å². The van der Waals surface area contributed by atoms with Gasteiger partial charge in [-0.25, -0.2) is 4.79 Å². The number of halogens is 1. The molecule has 1 aromatic heterocycles. The van der Waals surface area contributed by atoms with Crippen molar-refractivity contribution in [2.24, 2.45) is 0 Å². The van der Waals surface area contributed by atoms with Crippen molar-refractivity contribution in [1.82, 2.24) is 10.3 Å². The van der Waals surface area contributed by atoms with Crippen LogP contribution in [0.25, 0.3) is 0 Å². The molecule has 0 unspecified atom stereocenters. The van der Waals surface area contributed by atoms with E-state index in [9.17, 15) is 4.79 Å². The van der Waals surface area contributed by atoms with Crippen molar-refractivity contribution >= 4 is 22.0 Å². The minimum atomic E-state index is -0.394. The number of alkyl carbamates (subject to hydrolysis) is 1. The maximum Gasteiger partial charge on any atom is 0.407 e. The molecule has 1 N–H and O–H groups in total. The van der Waals surface area contributed by atoms with Crippen LogP contribution < -0.4 is 5.32 Å². The first-order valence-electron chi connectivity index (χ1n) is 5.42. The summed E-state index contributed by atoms with van der Waals surface area (Å²) in [4.78, 5) is 15.5. The Morgan fingerprint density at radius 2 is 2.18 bits per heavy atom. The molecule has 1 amide bonds. The second kappa shape index (κ2) is 6.00. The average Bonchev–Trinajstić information content (AvgIpc) is 2.18. The fourth-order valence-corrected chi connectivity index (χ4v) is 1.38. The van der Waals surface area contributed by atoms with Crippen molar-refractivity contribution in [1.29, 1.82) is 0 Å². The third-order valence-corrected chi connectivity index (χ3v) is 2.33. The zero-order valence-electron chi connectivity index (χ0n) is 10.3. The summed E-state index contributed by atoms with van der Waals surface area (Å²) in [6.07, 6.45) is 1.95. The molecule has 94 valence electrons. The van der Waals surface area contributed by atoms with Crippen LogP contribution in [0.1, 0.15) is 26.5 Å². The van der Waals surface area contributed by atoms with E-state index in [-0.39, 0.29) is 5.54 Å². The van der Waals surface area contributed by atoms with Crippen LogP contribution in [0.2, 0.25) is 0 Å². The lowest BCUT2D eigenvalue weighted by Crippen LogP contribution is -2.41. The molecule has 1 heterocycles. The molecule has 0 aliphatic heterocycles. The van der Waals surface area contributed by atoms with Crippen molar-refractivity contribution in [2.75, 3.05) is 6.61 Å². The SMILES string of the molecule is CC(C)(C)NC(=O)OCCc1ccc(Br)cn1. The third-order valence-electron chi connectivity index (χ3n) is 1.86. The minimum Gasteiger partial charge on any atom is -0.449 e. The lowest BCUT2D eigenvalue weighted by atomic mass is 10.1. The van der Waals surface area contributed by atoms with Crippen LogP contribution in [-0.4, -0.2) is 23.2 Å². The van der Waals surface area contributed by atoms with Crippen molar-refractivity contribution in [2.45, 2.75) is 32.7 Å². The highest BCUT2D eigenvalue weighted by molar-refractivity contribution is 9.10. The summed E-state index contributed by atoms with van der Waals surface area (Å²) in [5, 5.41) is 2.73. The van der Waals surface area contributed by atoms with Crippen LogP contribution in [0.4, 0.5) is 4.79 Å². The summed E-state index contributed by atoms with van der Waals surface area (Å²) in [6, 6.07) is 3.81. The van der Waals surface area contributed by atoms with Crippen molar-refractivity contribution in [3.8, 4) is 0 Å². The maximum absolute atomic E-state index is 11.3.